The van der Waals surface area contributed by atoms with Crippen molar-refractivity contribution in [1.29, 1.82) is 0 Å². The molecule has 0 unspecified atom stereocenters. The molecule has 0 bridgehead atoms. The SMILES string of the molecule is CCN1CCN(CC(=O)N2C[C@H](OC(C)C)[C@@H](O)C2)CC1. The first-order valence-electron chi connectivity index (χ1n) is 8.05. The Hall–Kier alpha value is -0.690. The molecule has 0 saturated carbocycles. The molecule has 0 spiro atoms. The summed E-state index contributed by atoms with van der Waals surface area (Å²) in [4.78, 5) is 18.7. The molecule has 6 heteroatoms. The van der Waals surface area contributed by atoms with Crippen molar-refractivity contribution in [2.45, 2.75) is 39.1 Å². The van der Waals surface area contributed by atoms with E-state index in [1.54, 1.807) is 4.90 Å². The normalized spacial score (nSPS) is 28.5. The highest BCUT2D eigenvalue weighted by Gasteiger charge is 2.35. The Morgan fingerprint density at radius 2 is 1.81 bits per heavy atom. The van der Waals surface area contributed by atoms with Crippen LogP contribution in [0.3, 0.4) is 0 Å². The van der Waals surface area contributed by atoms with E-state index in [0.717, 1.165) is 32.7 Å². The Kier molecular flexibility index (Phi) is 5.98. The number of hydrogen-bond acceptors (Lipinski definition) is 5. The Labute approximate surface area is 127 Å². The lowest BCUT2D eigenvalue weighted by Gasteiger charge is -2.34. The third kappa shape index (κ3) is 4.64. The molecule has 0 radical (unpaired) electrons. The highest BCUT2D eigenvalue weighted by atomic mass is 16.5. The zero-order chi connectivity index (χ0) is 15.4. The predicted molar refractivity (Wildman–Crippen MR) is 81.1 cm³/mol. The Balaban J connectivity index is 1.77. The lowest BCUT2D eigenvalue weighted by Crippen LogP contribution is -2.49. The van der Waals surface area contributed by atoms with Gasteiger partial charge in [-0.2, -0.15) is 0 Å². The van der Waals surface area contributed by atoms with Gasteiger partial charge in [0.2, 0.25) is 5.91 Å². The van der Waals surface area contributed by atoms with E-state index >= 15 is 0 Å². The average Bonchev–Trinajstić information content (AvgIpc) is 2.80. The predicted octanol–water partition coefficient (Wildman–Crippen LogP) is -0.379. The largest absolute Gasteiger partial charge is 0.388 e. The first-order chi connectivity index (χ1) is 9.99. The van der Waals surface area contributed by atoms with Gasteiger partial charge in [0.25, 0.3) is 0 Å². The van der Waals surface area contributed by atoms with Crippen LogP contribution in [0.5, 0.6) is 0 Å². The van der Waals surface area contributed by atoms with Crippen molar-refractivity contribution in [1.82, 2.24) is 14.7 Å². The topological polar surface area (TPSA) is 56.2 Å². The smallest absolute Gasteiger partial charge is 0.236 e. The van der Waals surface area contributed by atoms with Crippen molar-refractivity contribution in [3.8, 4) is 0 Å². The van der Waals surface area contributed by atoms with Gasteiger partial charge in [-0.3, -0.25) is 9.69 Å². The van der Waals surface area contributed by atoms with Gasteiger partial charge in [0.05, 0.1) is 18.8 Å². The van der Waals surface area contributed by atoms with Crippen LogP contribution in [0.1, 0.15) is 20.8 Å². The van der Waals surface area contributed by atoms with Gasteiger partial charge in [0, 0.05) is 39.3 Å². The molecule has 0 aliphatic carbocycles. The molecule has 6 nitrogen and oxygen atoms in total. The minimum Gasteiger partial charge on any atom is -0.388 e. The maximum Gasteiger partial charge on any atom is 0.236 e. The van der Waals surface area contributed by atoms with E-state index in [2.05, 4.69) is 16.7 Å². The second-order valence-electron chi connectivity index (χ2n) is 6.30. The van der Waals surface area contributed by atoms with Crippen LogP contribution in [0.4, 0.5) is 0 Å². The summed E-state index contributed by atoms with van der Waals surface area (Å²) in [6.45, 7) is 12.5. The number of piperazine rings is 1. The van der Waals surface area contributed by atoms with Crippen molar-refractivity contribution in [3.05, 3.63) is 0 Å². The van der Waals surface area contributed by atoms with Crippen molar-refractivity contribution >= 4 is 5.91 Å². The fourth-order valence-electron chi connectivity index (χ4n) is 3.00. The third-order valence-electron chi connectivity index (χ3n) is 4.31. The van der Waals surface area contributed by atoms with Crippen LogP contribution in [0.2, 0.25) is 0 Å². The lowest BCUT2D eigenvalue weighted by atomic mass is 10.2. The van der Waals surface area contributed by atoms with E-state index < -0.39 is 6.10 Å². The van der Waals surface area contributed by atoms with Gasteiger partial charge in [-0.05, 0) is 20.4 Å². The molecule has 2 aliphatic rings. The zero-order valence-electron chi connectivity index (χ0n) is 13.5. The van der Waals surface area contributed by atoms with E-state index in [9.17, 15) is 9.90 Å². The van der Waals surface area contributed by atoms with Crippen LogP contribution in [0, 0.1) is 0 Å². The van der Waals surface area contributed by atoms with Crippen LogP contribution in [-0.4, -0.2) is 96.4 Å². The van der Waals surface area contributed by atoms with Gasteiger partial charge in [-0.15, -0.1) is 0 Å². The number of nitrogens with zero attached hydrogens (tertiary/aromatic N) is 3. The summed E-state index contributed by atoms with van der Waals surface area (Å²) < 4.78 is 5.66. The molecule has 21 heavy (non-hydrogen) atoms. The maximum atomic E-state index is 12.3. The van der Waals surface area contributed by atoms with Crippen LogP contribution in [0.15, 0.2) is 0 Å². The van der Waals surface area contributed by atoms with Gasteiger partial charge in [-0.25, -0.2) is 0 Å². The number of carbonyl (C=O) groups is 1. The van der Waals surface area contributed by atoms with Gasteiger partial charge in [0.15, 0.2) is 0 Å². The van der Waals surface area contributed by atoms with Crippen molar-refractivity contribution in [3.63, 3.8) is 0 Å². The molecule has 2 aliphatic heterocycles. The van der Waals surface area contributed by atoms with Crippen LogP contribution >= 0.6 is 0 Å². The molecular formula is C15H29N3O3. The fraction of sp³-hybridized carbons (Fsp3) is 0.933. The molecule has 2 fully saturated rings. The summed E-state index contributed by atoms with van der Waals surface area (Å²) in [7, 11) is 0. The summed E-state index contributed by atoms with van der Waals surface area (Å²) in [5.74, 6) is 0.105. The number of likely N-dealkylation sites (N-methyl/N-ethyl adjacent to an activating group) is 1. The summed E-state index contributed by atoms with van der Waals surface area (Å²) in [5, 5.41) is 9.99. The van der Waals surface area contributed by atoms with Crippen LogP contribution in [-0.2, 0) is 9.53 Å². The quantitative estimate of drug-likeness (QED) is 0.750. The number of carbonyl (C=O) groups excluding carboxylic acids is 1. The molecule has 2 heterocycles. The van der Waals surface area contributed by atoms with Crippen molar-refractivity contribution in [2.24, 2.45) is 0 Å². The molecule has 0 aromatic carbocycles. The zero-order valence-corrected chi connectivity index (χ0v) is 13.5. The first kappa shape index (κ1) is 16.7. The molecule has 2 saturated heterocycles. The van der Waals surface area contributed by atoms with Gasteiger partial charge in [0.1, 0.15) is 6.10 Å². The number of ether oxygens (including phenoxy) is 1. The van der Waals surface area contributed by atoms with Gasteiger partial charge < -0.3 is 19.6 Å². The van der Waals surface area contributed by atoms with Gasteiger partial charge >= 0.3 is 0 Å². The van der Waals surface area contributed by atoms with Crippen molar-refractivity contribution in [2.75, 3.05) is 52.4 Å². The molecule has 1 amide bonds. The second-order valence-corrected chi connectivity index (χ2v) is 6.30. The Morgan fingerprint density at radius 1 is 1.19 bits per heavy atom. The summed E-state index contributed by atoms with van der Waals surface area (Å²) in [5.41, 5.74) is 0. The fourth-order valence-corrected chi connectivity index (χ4v) is 3.00. The van der Waals surface area contributed by atoms with Crippen LogP contribution < -0.4 is 0 Å². The number of aliphatic hydroxyl groups is 1. The van der Waals surface area contributed by atoms with E-state index in [-0.39, 0.29) is 18.1 Å². The number of amides is 1. The lowest BCUT2D eigenvalue weighted by molar-refractivity contribution is -0.132. The van der Waals surface area contributed by atoms with E-state index in [1.165, 1.54) is 0 Å². The molecule has 0 aromatic heterocycles. The molecule has 122 valence electrons. The second kappa shape index (κ2) is 7.54. The minimum absolute atomic E-state index is 0.0711. The average molecular weight is 299 g/mol. The number of likely N-dealkylation sites (tertiary alicyclic amines) is 1. The Bertz CT molecular complexity index is 343. The highest BCUT2D eigenvalue weighted by Crippen LogP contribution is 2.16. The third-order valence-corrected chi connectivity index (χ3v) is 4.31. The van der Waals surface area contributed by atoms with Gasteiger partial charge in [-0.1, -0.05) is 6.92 Å². The van der Waals surface area contributed by atoms with E-state index in [0.29, 0.717) is 19.6 Å². The first-order valence-corrected chi connectivity index (χ1v) is 8.05. The van der Waals surface area contributed by atoms with Crippen molar-refractivity contribution < 1.29 is 14.6 Å². The minimum atomic E-state index is -0.562. The Morgan fingerprint density at radius 3 is 2.38 bits per heavy atom. The molecule has 2 rings (SSSR count). The van der Waals surface area contributed by atoms with E-state index in [1.807, 2.05) is 13.8 Å². The molecule has 1 N–H and O–H groups in total. The monoisotopic (exact) mass is 299 g/mol. The maximum absolute atomic E-state index is 12.3. The summed E-state index contributed by atoms with van der Waals surface area (Å²) in [6, 6.07) is 0. The summed E-state index contributed by atoms with van der Waals surface area (Å²) >= 11 is 0. The number of rotatable bonds is 5. The molecule has 2 atom stereocenters. The summed E-state index contributed by atoms with van der Waals surface area (Å²) in [6.07, 6.45) is -0.735. The van der Waals surface area contributed by atoms with Crippen LogP contribution in [0.25, 0.3) is 0 Å². The molecule has 0 aromatic rings. The number of β-amino-alcohol motifs (C(OH)–C–C–N with tert-alkyl or cyclic N) is 1. The number of aliphatic hydroxyl groups excluding tert-OH is 1. The standard InChI is InChI=1S/C15H29N3O3/c1-4-16-5-7-17(8-6-16)11-15(20)18-9-13(19)14(10-18)21-12(2)3/h12-14,19H,4-11H2,1-3H3/t13-,14-/m0/s1. The number of hydrogen-bond donors (Lipinski definition) is 1. The highest BCUT2D eigenvalue weighted by molar-refractivity contribution is 5.78. The van der Waals surface area contributed by atoms with E-state index in [4.69, 9.17) is 4.74 Å². The molecular weight excluding hydrogens is 270 g/mol.